The monoisotopic (exact) mass is 514 g/mol. The van der Waals surface area contributed by atoms with Crippen LogP contribution in [0.25, 0.3) is 0 Å². The minimum Gasteiger partial charge on any atom is -0.413 e. The van der Waals surface area contributed by atoms with Gasteiger partial charge in [-0.25, -0.2) is 0 Å². The molecule has 0 spiro atoms. The van der Waals surface area contributed by atoms with Crippen LogP contribution in [0.15, 0.2) is 0 Å². The zero-order valence-corrected chi connectivity index (χ0v) is 27.1. The van der Waals surface area contributed by atoms with Crippen molar-refractivity contribution in [3.05, 3.63) is 0 Å². The van der Waals surface area contributed by atoms with Crippen LogP contribution in [-0.4, -0.2) is 40.4 Å². The second-order valence-electron chi connectivity index (χ2n) is 12.1. The van der Waals surface area contributed by atoms with E-state index in [2.05, 4.69) is 75.4 Å². The molecule has 0 aliphatic carbocycles. The number of hydrogen-bond donors (Lipinski definition) is 0. The van der Waals surface area contributed by atoms with Crippen molar-refractivity contribution in [2.75, 3.05) is 0 Å². The van der Waals surface area contributed by atoms with E-state index in [1.165, 1.54) is 0 Å². The van der Waals surface area contributed by atoms with Crippen molar-refractivity contribution in [1.82, 2.24) is 0 Å². The van der Waals surface area contributed by atoms with Crippen LogP contribution in [0.2, 0.25) is 36.3 Å². The fourth-order valence-corrected chi connectivity index (χ4v) is 9.10. The standard InChI is InChI=1S/C28H58O4Si2/c1-15-20(6)27(32-34(17-3,18-4)19-5)23(9)26(30)22(8)25(29)21(7)24(16-2)31-33(13,14)28(10,11)12/h20-24,27H,15-19H2,1-14H3/t20-,21+,22?,23+,24-,27-/m0/s1. The molecule has 0 rings (SSSR count). The van der Waals surface area contributed by atoms with Crippen LogP contribution in [0.1, 0.15) is 95.9 Å². The smallest absolute Gasteiger partial charge is 0.192 e. The maximum atomic E-state index is 13.6. The van der Waals surface area contributed by atoms with Gasteiger partial charge in [0.05, 0.1) is 18.1 Å². The van der Waals surface area contributed by atoms with E-state index in [-0.39, 0.29) is 46.6 Å². The van der Waals surface area contributed by atoms with Crippen molar-refractivity contribution < 1.29 is 18.4 Å². The van der Waals surface area contributed by atoms with Gasteiger partial charge in [0.25, 0.3) is 0 Å². The van der Waals surface area contributed by atoms with Crippen molar-refractivity contribution in [2.24, 2.45) is 23.7 Å². The Morgan fingerprint density at radius 2 is 1.18 bits per heavy atom. The summed E-state index contributed by atoms with van der Waals surface area (Å²) in [5.41, 5.74) is 0. The predicted molar refractivity (Wildman–Crippen MR) is 151 cm³/mol. The lowest BCUT2D eigenvalue weighted by Gasteiger charge is -2.41. The van der Waals surface area contributed by atoms with Crippen molar-refractivity contribution in [2.45, 2.75) is 144 Å². The van der Waals surface area contributed by atoms with Gasteiger partial charge in [0.1, 0.15) is 11.6 Å². The molecular weight excluding hydrogens is 456 g/mol. The number of carbonyl (C=O) groups is 2. The summed E-state index contributed by atoms with van der Waals surface area (Å²) in [6, 6.07) is 3.17. The maximum Gasteiger partial charge on any atom is 0.192 e. The highest BCUT2D eigenvalue weighted by molar-refractivity contribution is 6.74. The van der Waals surface area contributed by atoms with E-state index < -0.39 is 22.6 Å². The van der Waals surface area contributed by atoms with Gasteiger partial charge in [0.15, 0.2) is 16.6 Å². The van der Waals surface area contributed by atoms with E-state index in [1.54, 1.807) is 6.92 Å². The largest absolute Gasteiger partial charge is 0.413 e. The van der Waals surface area contributed by atoms with Gasteiger partial charge in [-0.05, 0) is 55.5 Å². The molecule has 4 nitrogen and oxygen atoms in total. The summed E-state index contributed by atoms with van der Waals surface area (Å²) in [5, 5.41) is 0.0776. The van der Waals surface area contributed by atoms with Gasteiger partial charge in [-0.3, -0.25) is 9.59 Å². The Kier molecular flexibility index (Phi) is 13.7. The van der Waals surface area contributed by atoms with Crippen LogP contribution in [0, 0.1) is 23.7 Å². The lowest BCUT2D eigenvalue weighted by Crippen LogP contribution is -2.49. The molecule has 0 saturated carbocycles. The van der Waals surface area contributed by atoms with Crippen LogP contribution in [0.5, 0.6) is 0 Å². The summed E-state index contributed by atoms with van der Waals surface area (Å²) in [6.07, 6.45) is 1.45. The number of Topliss-reactive ketones (excluding diaryl/α,β-unsaturated/α-hetero) is 2. The molecule has 6 heteroatoms. The molecule has 202 valence electrons. The van der Waals surface area contributed by atoms with Crippen molar-refractivity contribution in [3.63, 3.8) is 0 Å². The second kappa shape index (κ2) is 13.9. The fourth-order valence-electron chi connectivity index (χ4n) is 4.60. The molecule has 0 bridgehead atoms. The van der Waals surface area contributed by atoms with E-state index in [0.29, 0.717) is 0 Å². The lowest BCUT2D eigenvalue weighted by molar-refractivity contribution is -0.139. The topological polar surface area (TPSA) is 52.6 Å². The Balaban J connectivity index is 5.74. The van der Waals surface area contributed by atoms with Crippen LogP contribution in [0.4, 0.5) is 0 Å². The molecule has 0 radical (unpaired) electrons. The number of carbonyl (C=O) groups excluding carboxylic acids is 2. The van der Waals surface area contributed by atoms with Gasteiger partial charge >= 0.3 is 0 Å². The third-order valence-electron chi connectivity index (χ3n) is 8.98. The highest BCUT2D eigenvalue weighted by atomic mass is 28.4. The van der Waals surface area contributed by atoms with Gasteiger partial charge < -0.3 is 8.85 Å². The van der Waals surface area contributed by atoms with Crippen molar-refractivity contribution in [3.8, 4) is 0 Å². The number of ketones is 2. The Labute approximate surface area is 214 Å². The maximum absolute atomic E-state index is 13.6. The zero-order chi connectivity index (χ0) is 27.1. The van der Waals surface area contributed by atoms with Gasteiger partial charge in [0, 0.05) is 11.8 Å². The first-order valence-electron chi connectivity index (χ1n) is 13.9. The van der Waals surface area contributed by atoms with Crippen molar-refractivity contribution in [1.29, 1.82) is 0 Å². The Bertz CT molecular complexity index is 629. The Morgan fingerprint density at radius 1 is 0.735 bits per heavy atom. The molecule has 34 heavy (non-hydrogen) atoms. The SMILES string of the molecule is CC[C@H](O[Si](C)(C)C(C)(C)C)[C@@H](C)C(=O)C(C)C(=O)[C@@H](C)[C@@H](O[Si](CC)(CC)CC)[C@@H](C)CC. The third kappa shape index (κ3) is 8.38. The van der Waals surface area contributed by atoms with Gasteiger partial charge in [-0.15, -0.1) is 0 Å². The normalized spacial score (nSPS) is 18.6. The first kappa shape index (κ1) is 33.7. The second-order valence-corrected chi connectivity index (χ2v) is 21.6. The molecule has 6 atom stereocenters. The highest BCUT2D eigenvalue weighted by Gasteiger charge is 2.43. The van der Waals surface area contributed by atoms with Gasteiger partial charge in [-0.2, -0.15) is 0 Å². The molecule has 0 heterocycles. The number of rotatable bonds is 16. The molecule has 0 aromatic heterocycles. The zero-order valence-electron chi connectivity index (χ0n) is 25.1. The molecule has 0 aromatic carbocycles. The van der Waals surface area contributed by atoms with Crippen LogP contribution in [-0.2, 0) is 18.4 Å². The first-order chi connectivity index (χ1) is 15.5. The average Bonchev–Trinajstić information content (AvgIpc) is 2.80. The molecular formula is C28H58O4Si2. The first-order valence-corrected chi connectivity index (χ1v) is 19.4. The summed E-state index contributed by atoms with van der Waals surface area (Å²) < 4.78 is 13.5. The average molecular weight is 515 g/mol. The minimum atomic E-state index is -2.01. The summed E-state index contributed by atoms with van der Waals surface area (Å²) in [7, 11) is -3.88. The molecule has 0 aromatic rings. The molecule has 0 fully saturated rings. The molecule has 1 unspecified atom stereocenters. The molecule has 0 amide bonds. The summed E-state index contributed by atoms with van der Waals surface area (Å²) in [5.74, 6) is -0.924. The molecule has 0 aliphatic heterocycles. The van der Waals surface area contributed by atoms with Crippen LogP contribution < -0.4 is 0 Å². The highest BCUT2D eigenvalue weighted by Crippen LogP contribution is 2.39. The van der Waals surface area contributed by atoms with E-state index in [1.807, 2.05) is 13.8 Å². The quantitative estimate of drug-likeness (QED) is 0.154. The van der Waals surface area contributed by atoms with Crippen LogP contribution >= 0.6 is 0 Å². The fraction of sp³-hybridized carbons (Fsp3) is 0.929. The van der Waals surface area contributed by atoms with E-state index >= 15 is 0 Å². The van der Waals surface area contributed by atoms with E-state index in [0.717, 1.165) is 31.0 Å². The molecule has 0 saturated heterocycles. The molecule has 0 N–H and O–H groups in total. The Morgan fingerprint density at radius 3 is 1.53 bits per heavy atom. The predicted octanol–water partition coefficient (Wildman–Crippen LogP) is 8.27. The van der Waals surface area contributed by atoms with Gasteiger partial charge in [0.2, 0.25) is 0 Å². The summed E-state index contributed by atoms with van der Waals surface area (Å²) >= 11 is 0. The minimum absolute atomic E-state index is 0.00953. The molecule has 0 aliphatic rings. The Hall–Kier alpha value is -0.306. The lowest BCUT2D eigenvalue weighted by atomic mass is 9.80. The summed E-state index contributed by atoms with van der Waals surface area (Å²) in [4.78, 5) is 27.2. The van der Waals surface area contributed by atoms with Crippen molar-refractivity contribution >= 4 is 28.2 Å². The van der Waals surface area contributed by atoms with Crippen LogP contribution in [0.3, 0.4) is 0 Å². The number of hydrogen-bond acceptors (Lipinski definition) is 4. The third-order valence-corrected chi connectivity index (χ3v) is 18.1. The van der Waals surface area contributed by atoms with E-state index in [9.17, 15) is 9.59 Å². The van der Waals surface area contributed by atoms with Gasteiger partial charge in [-0.1, -0.05) is 82.6 Å². The summed E-state index contributed by atoms with van der Waals surface area (Å²) in [6.45, 7) is 29.9. The van der Waals surface area contributed by atoms with E-state index in [4.69, 9.17) is 8.85 Å².